The van der Waals surface area contributed by atoms with Crippen LogP contribution in [0.15, 0.2) is 55.0 Å². The number of amides is 1. The first-order chi connectivity index (χ1) is 11.2. The fourth-order valence-electron chi connectivity index (χ4n) is 2.73. The highest BCUT2D eigenvalue weighted by atomic mass is 16.1. The average Bonchev–Trinajstić information content (AvgIpc) is 3.22. The number of anilines is 3. The van der Waals surface area contributed by atoms with E-state index in [1.165, 1.54) is 0 Å². The molecule has 23 heavy (non-hydrogen) atoms. The molecule has 4 N–H and O–H groups in total. The maximum absolute atomic E-state index is 11.5. The molecule has 0 saturated carbocycles. The first-order valence-electron chi connectivity index (χ1n) is 7.14. The zero-order valence-electron chi connectivity index (χ0n) is 12.1. The fraction of sp³-hybridized carbons (Fsp3) is 0.0625. The molecule has 7 nitrogen and oxygen atoms in total. The molecular formula is C16H14N6O. The first-order valence-corrected chi connectivity index (χ1v) is 7.14. The Labute approximate surface area is 132 Å². The van der Waals surface area contributed by atoms with Gasteiger partial charge >= 0.3 is 0 Å². The Morgan fingerprint density at radius 2 is 2.04 bits per heavy atom. The Bertz CT molecular complexity index is 861. The Balaban J connectivity index is 1.85. The van der Waals surface area contributed by atoms with Crippen LogP contribution in [0.1, 0.15) is 22.3 Å². The monoisotopic (exact) mass is 306 g/mol. The van der Waals surface area contributed by atoms with Gasteiger partial charge in [0.15, 0.2) is 6.17 Å². The lowest BCUT2D eigenvalue weighted by molar-refractivity contribution is 0.1000. The minimum atomic E-state index is -0.483. The van der Waals surface area contributed by atoms with Crippen LogP contribution in [0.25, 0.3) is 0 Å². The molecular weight excluding hydrogens is 292 g/mol. The standard InChI is InChI=1S/C16H14N6O/c17-14(23)10-5-6-18-13(9-10)22-12-4-2-1-3-11(12)21-16(22)15-19-7-8-20-15/h1-9,16,21H,(H2,17,23)(H,19,20). The van der Waals surface area contributed by atoms with Gasteiger partial charge in [0.1, 0.15) is 11.6 Å². The Hall–Kier alpha value is -3.35. The summed E-state index contributed by atoms with van der Waals surface area (Å²) in [5.41, 5.74) is 7.73. The highest BCUT2D eigenvalue weighted by Gasteiger charge is 2.33. The highest BCUT2D eigenvalue weighted by Crippen LogP contribution is 2.44. The van der Waals surface area contributed by atoms with Gasteiger partial charge < -0.3 is 16.0 Å². The lowest BCUT2D eigenvalue weighted by Gasteiger charge is -2.24. The van der Waals surface area contributed by atoms with Crippen molar-refractivity contribution in [2.45, 2.75) is 6.17 Å². The average molecular weight is 306 g/mol. The molecule has 4 rings (SSSR count). The van der Waals surface area contributed by atoms with Crippen molar-refractivity contribution in [2.24, 2.45) is 5.73 Å². The smallest absolute Gasteiger partial charge is 0.248 e. The van der Waals surface area contributed by atoms with Crippen LogP contribution < -0.4 is 16.0 Å². The third kappa shape index (κ3) is 2.18. The van der Waals surface area contributed by atoms with Crippen LogP contribution >= 0.6 is 0 Å². The van der Waals surface area contributed by atoms with Crippen molar-refractivity contribution in [1.82, 2.24) is 15.0 Å². The molecule has 0 bridgehead atoms. The summed E-state index contributed by atoms with van der Waals surface area (Å²) < 4.78 is 0. The number of nitrogens with two attached hydrogens (primary N) is 1. The van der Waals surface area contributed by atoms with E-state index in [0.717, 1.165) is 17.2 Å². The van der Waals surface area contributed by atoms with E-state index in [1.807, 2.05) is 29.2 Å². The normalized spacial score (nSPS) is 16.0. The number of hydrogen-bond acceptors (Lipinski definition) is 5. The van der Waals surface area contributed by atoms with Crippen LogP contribution in [0.5, 0.6) is 0 Å². The van der Waals surface area contributed by atoms with Crippen molar-refractivity contribution in [3.63, 3.8) is 0 Å². The molecule has 1 aromatic carbocycles. The molecule has 1 aliphatic heterocycles. The van der Waals surface area contributed by atoms with Gasteiger partial charge in [-0.25, -0.2) is 9.97 Å². The van der Waals surface area contributed by atoms with Crippen LogP contribution in [-0.4, -0.2) is 20.9 Å². The van der Waals surface area contributed by atoms with E-state index in [-0.39, 0.29) is 6.17 Å². The van der Waals surface area contributed by atoms with Crippen molar-refractivity contribution in [2.75, 3.05) is 10.2 Å². The summed E-state index contributed by atoms with van der Waals surface area (Å²) in [6.07, 6.45) is 4.81. The number of para-hydroxylation sites is 2. The number of nitrogens with zero attached hydrogens (tertiary/aromatic N) is 3. The number of benzene rings is 1. The summed E-state index contributed by atoms with van der Waals surface area (Å²) in [5.74, 6) is 0.899. The van der Waals surface area contributed by atoms with Crippen LogP contribution in [0.4, 0.5) is 17.2 Å². The van der Waals surface area contributed by atoms with Gasteiger partial charge in [-0.3, -0.25) is 9.69 Å². The van der Waals surface area contributed by atoms with Crippen molar-refractivity contribution in [3.8, 4) is 0 Å². The van der Waals surface area contributed by atoms with E-state index >= 15 is 0 Å². The molecule has 3 aromatic rings. The van der Waals surface area contributed by atoms with E-state index in [1.54, 1.807) is 30.7 Å². The maximum Gasteiger partial charge on any atom is 0.248 e. The summed E-state index contributed by atoms with van der Waals surface area (Å²) in [6, 6.07) is 11.2. The number of hydrogen-bond donors (Lipinski definition) is 3. The van der Waals surface area contributed by atoms with Gasteiger partial charge in [-0.15, -0.1) is 0 Å². The molecule has 1 aliphatic rings. The molecule has 7 heteroatoms. The largest absolute Gasteiger partial charge is 0.366 e. The second kappa shape index (κ2) is 5.13. The van der Waals surface area contributed by atoms with E-state index in [2.05, 4.69) is 20.3 Å². The number of fused-ring (bicyclic) bond motifs is 1. The van der Waals surface area contributed by atoms with Crippen molar-refractivity contribution >= 4 is 23.1 Å². The molecule has 1 atom stereocenters. The minimum absolute atomic E-state index is 0.238. The zero-order valence-corrected chi connectivity index (χ0v) is 12.1. The van der Waals surface area contributed by atoms with Gasteiger partial charge in [-0.1, -0.05) is 12.1 Å². The van der Waals surface area contributed by atoms with E-state index in [9.17, 15) is 4.79 Å². The number of aromatic nitrogens is 3. The Morgan fingerprint density at radius 1 is 1.17 bits per heavy atom. The van der Waals surface area contributed by atoms with Gasteiger partial charge in [-0.2, -0.15) is 0 Å². The molecule has 0 aliphatic carbocycles. The molecule has 2 aromatic heterocycles. The van der Waals surface area contributed by atoms with E-state index in [4.69, 9.17) is 5.73 Å². The summed E-state index contributed by atoms with van der Waals surface area (Å²) in [4.78, 5) is 25.3. The number of H-pyrrole nitrogens is 1. The number of aromatic amines is 1. The zero-order chi connectivity index (χ0) is 15.8. The van der Waals surface area contributed by atoms with Gasteiger partial charge in [0.25, 0.3) is 0 Å². The van der Waals surface area contributed by atoms with Gasteiger partial charge in [0, 0.05) is 24.2 Å². The number of carbonyl (C=O) groups excluding carboxylic acids is 1. The predicted molar refractivity (Wildman–Crippen MR) is 86.3 cm³/mol. The Kier molecular flexibility index (Phi) is 2.97. The summed E-state index contributed by atoms with van der Waals surface area (Å²) in [5, 5.41) is 3.41. The lowest BCUT2D eigenvalue weighted by Crippen LogP contribution is -2.25. The highest BCUT2D eigenvalue weighted by molar-refractivity contribution is 5.94. The Morgan fingerprint density at radius 3 is 2.83 bits per heavy atom. The van der Waals surface area contributed by atoms with Gasteiger partial charge in [-0.05, 0) is 24.3 Å². The molecule has 1 amide bonds. The van der Waals surface area contributed by atoms with E-state index < -0.39 is 5.91 Å². The number of nitrogens with one attached hydrogen (secondary N) is 2. The third-order valence-corrected chi connectivity index (χ3v) is 3.77. The SMILES string of the molecule is NC(=O)c1ccnc(N2c3ccccc3NC2c2ncc[nH]2)c1. The number of primary amides is 1. The van der Waals surface area contributed by atoms with Gasteiger partial charge in [0.2, 0.25) is 5.91 Å². The predicted octanol–water partition coefficient (Wildman–Crippen LogP) is 2.17. The van der Waals surface area contributed by atoms with Crippen molar-refractivity contribution in [3.05, 3.63) is 66.4 Å². The molecule has 0 spiro atoms. The second-order valence-corrected chi connectivity index (χ2v) is 5.18. The topological polar surface area (TPSA) is 99.9 Å². The molecule has 0 fully saturated rings. The summed E-state index contributed by atoms with van der Waals surface area (Å²) in [7, 11) is 0. The molecule has 3 heterocycles. The van der Waals surface area contributed by atoms with Crippen LogP contribution in [0, 0.1) is 0 Å². The first kappa shape index (κ1) is 13.3. The van der Waals surface area contributed by atoms with Crippen LogP contribution in [0.3, 0.4) is 0 Å². The molecule has 114 valence electrons. The van der Waals surface area contributed by atoms with E-state index in [0.29, 0.717) is 11.4 Å². The lowest BCUT2D eigenvalue weighted by atomic mass is 10.2. The number of pyridine rings is 1. The van der Waals surface area contributed by atoms with Crippen molar-refractivity contribution < 1.29 is 4.79 Å². The number of rotatable bonds is 3. The number of imidazole rings is 1. The van der Waals surface area contributed by atoms with Crippen LogP contribution in [-0.2, 0) is 0 Å². The minimum Gasteiger partial charge on any atom is -0.366 e. The van der Waals surface area contributed by atoms with Crippen molar-refractivity contribution in [1.29, 1.82) is 0 Å². The molecule has 0 saturated heterocycles. The summed E-state index contributed by atoms with van der Waals surface area (Å²) >= 11 is 0. The molecule has 1 unspecified atom stereocenters. The van der Waals surface area contributed by atoms with Crippen LogP contribution in [0.2, 0.25) is 0 Å². The fourth-order valence-corrected chi connectivity index (χ4v) is 2.73. The second-order valence-electron chi connectivity index (χ2n) is 5.18. The molecule has 0 radical (unpaired) electrons. The summed E-state index contributed by atoms with van der Waals surface area (Å²) in [6.45, 7) is 0. The quantitative estimate of drug-likeness (QED) is 0.688. The third-order valence-electron chi connectivity index (χ3n) is 3.77. The number of carbonyl (C=O) groups is 1. The van der Waals surface area contributed by atoms with Gasteiger partial charge in [0.05, 0.1) is 11.4 Å². The maximum atomic E-state index is 11.5.